The molecule has 1 N–H and O–H groups in total. The van der Waals surface area contributed by atoms with Crippen molar-refractivity contribution in [2.75, 3.05) is 7.11 Å². The number of phenols is 1. The lowest BCUT2D eigenvalue weighted by atomic mass is 10.0. The van der Waals surface area contributed by atoms with Crippen LogP contribution in [0.2, 0.25) is 0 Å². The Morgan fingerprint density at radius 1 is 1.57 bits per heavy atom. The Labute approximate surface area is 81.4 Å². The molecule has 72 valence electrons. The van der Waals surface area contributed by atoms with Crippen LogP contribution in [0.15, 0.2) is 12.1 Å². The molecule has 1 rings (SSSR count). The Kier molecular flexibility index (Phi) is 2.73. The van der Waals surface area contributed by atoms with Crippen LogP contribution in [0.4, 0.5) is 0 Å². The van der Waals surface area contributed by atoms with Gasteiger partial charge in [0.1, 0.15) is 17.4 Å². The van der Waals surface area contributed by atoms with Crippen molar-refractivity contribution in [2.24, 2.45) is 0 Å². The Balaban J connectivity index is 3.41. The quantitative estimate of drug-likeness (QED) is 0.680. The third-order valence-electron chi connectivity index (χ3n) is 1.78. The monoisotopic (exact) mass is 191 g/mol. The fourth-order valence-electron chi connectivity index (χ4n) is 1.16. The average Bonchev–Trinajstić information content (AvgIpc) is 2.15. The van der Waals surface area contributed by atoms with Crippen LogP contribution in [0, 0.1) is 18.3 Å². The molecule has 0 heterocycles. The summed E-state index contributed by atoms with van der Waals surface area (Å²) in [7, 11) is 1.23. The van der Waals surface area contributed by atoms with Crippen LogP contribution in [0.25, 0.3) is 0 Å². The standard InChI is InChI=1S/C10H9NO3/c1-6-3-7(10(13)14-2)8(5-11)9(12)4-6/h3-4,12H,1-2H3. The van der Waals surface area contributed by atoms with Gasteiger partial charge < -0.3 is 9.84 Å². The van der Waals surface area contributed by atoms with E-state index in [1.54, 1.807) is 13.0 Å². The molecule has 0 spiro atoms. The number of aryl methyl sites for hydroxylation is 1. The molecule has 4 heteroatoms. The van der Waals surface area contributed by atoms with Crippen LogP contribution in [-0.2, 0) is 4.74 Å². The number of aromatic hydroxyl groups is 1. The summed E-state index contributed by atoms with van der Waals surface area (Å²) in [4.78, 5) is 11.2. The summed E-state index contributed by atoms with van der Waals surface area (Å²) in [5.41, 5.74) is 0.733. The molecule has 0 aliphatic heterocycles. The highest BCUT2D eigenvalue weighted by Gasteiger charge is 2.15. The highest BCUT2D eigenvalue weighted by molar-refractivity contribution is 5.93. The molecule has 1 aromatic rings. The van der Waals surface area contributed by atoms with E-state index in [-0.39, 0.29) is 16.9 Å². The first-order valence-electron chi connectivity index (χ1n) is 3.92. The van der Waals surface area contributed by atoms with E-state index < -0.39 is 5.97 Å². The fourth-order valence-corrected chi connectivity index (χ4v) is 1.16. The predicted molar refractivity (Wildman–Crippen MR) is 48.9 cm³/mol. The lowest BCUT2D eigenvalue weighted by Crippen LogP contribution is -2.04. The van der Waals surface area contributed by atoms with Gasteiger partial charge >= 0.3 is 5.97 Å². The number of hydrogen-bond donors (Lipinski definition) is 1. The highest BCUT2D eigenvalue weighted by atomic mass is 16.5. The molecule has 0 aromatic heterocycles. The number of nitrogens with zero attached hydrogens (tertiary/aromatic N) is 1. The molecule has 0 atom stereocenters. The molecule has 4 nitrogen and oxygen atoms in total. The lowest BCUT2D eigenvalue weighted by molar-refractivity contribution is 0.0600. The second kappa shape index (κ2) is 3.79. The number of benzene rings is 1. The lowest BCUT2D eigenvalue weighted by Gasteiger charge is -2.04. The second-order valence-electron chi connectivity index (χ2n) is 2.81. The molecule has 14 heavy (non-hydrogen) atoms. The molecule has 0 saturated heterocycles. The maximum absolute atomic E-state index is 11.2. The number of esters is 1. The van der Waals surface area contributed by atoms with Crippen molar-refractivity contribution in [3.63, 3.8) is 0 Å². The zero-order valence-electron chi connectivity index (χ0n) is 7.87. The molecular weight excluding hydrogens is 182 g/mol. The van der Waals surface area contributed by atoms with Gasteiger partial charge in [-0.05, 0) is 24.6 Å². The van der Waals surface area contributed by atoms with Crippen LogP contribution in [0.5, 0.6) is 5.75 Å². The van der Waals surface area contributed by atoms with Gasteiger partial charge in [0.2, 0.25) is 0 Å². The fraction of sp³-hybridized carbons (Fsp3) is 0.200. The van der Waals surface area contributed by atoms with Gasteiger partial charge in [0.25, 0.3) is 0 Å². The van der Waals surface area contributed by atoms with Crippen LogP contribution in [0.1, 0.15) is 21.5 Å². The van der Waals surface area contributed by atoms with E-state index in [9.17, 15) is 9.90 Å². The number of phenolic OH excluding ortho intramolecular Hbond substituents is 1. The minimum absolute atomic E-state index is 0.0533. The summed E-state index contributed by atoms with van der Waals surface area (Å²) in [5, 5.41) is 18.1. The Morgan fingerprint density at radius 3 is 2.71 bits per heavy atom. The van der Waals surface area contributed by atoms with E-state index in [0.29, 0.717) is 5.56 Å². The summed E-state index contributed by atoms with van der Waals surface area (Å²) < 4.78 is 4.49. The molecule has 1 aromatic carbocycles. The third kappa shape index (κ3) is 1.67. The predicted octanol–water partition coefficient (Wildman–Crippen LogP) is 1.36. The molecule has 0 bridgehead atoms. The van der Waals surface area contributed by atoms with E-state index in [4.69, 9.17) is 5.26 Å². The van der Waals surface area contributed by atoms with Gasteiger partial charge in [-0.15, -0.1) is 0 Å². The number of rotatable bonds is 1. The topological polar surface area (TPSA) is 70.3 Å². The van der Waals surface area contributed by atoms with Gasteiger partial charge in [-0.3, -0.25) is 0 Å². The van der Waals surface area contributed by atoms with Gasteiger partial charge in [0, 0.05) is 0 Å². The summed E-state index contributed by atoms with van der Waals surface area (Å²) in [5.74, 6) is -0.826. The van der Waals surface area contributed by atoms with Crippen molar-refractivity contribution in [3.05, 3.63) is 28.8 Å². The molecular formula is C10H9NO3. The zero-order chi connectivity index (χ0) is 10.7. The number of methoxy groups -OCH3 is 1. The maximum atomic E-state index is 11.2. The van der Waals surface area contributed by atoms with Crippen LogP contribution < -0.4 is 0 Å². The Bertz CT molecular complexity index is 418. The van der Waals surface area contributed by atoms with Crippen molar-refractivity contribution in [1.29, 1.82) is 5.26 Å². The van der Waals surface area contributed by atoms with E-state index in [2.05, 4.69) is 4.74 Å². The van der Waals surface area contributed by atoms with Crippen LogP contribution >= 0.6 is 0 Å². The van der Waals surface area contributed by atoms with Crippen molar-refractivity contribution in [1.82, 2.24) is 0 Å². The molecule has 0 fully saturated rings. The normalized spacial score (nSPS) is 9.21. The van der Waals surface area contributed by atoms with Gasteiger partial charge in [-0.2, -0.15) is 5.26 Å². The Morgan fingerprint density at radius 2 is 2.21 bits per heavy atom. The molecule has 0 unspecified atom stereocenters. The minimum atomic E-state index is -0.624. The summed E-state index contributed by atoms with van der Waals surface area (Å²) in [6.45, 7) is 1.72. The molecule has 0 aliphatic rings. The first-order chi connectivity index (χ1) is 6.60. The largest absolute Gasteiger partial charge is 0.507 e. The van der Waals surface area contributed by atoms with Crippen molar-refractivity contribution in [2.45, 2.75) is 6.92 Å². The number of carbonyl (C=O) groups excluding carboxylic acids is 1. The van der Waals surface area contributed by atoms with Gasteiger partial charge in [0.15, 0.2) is 0 Å². The van der Waals surface area contributed by atoms with E-state index in [0.717, 1.165) is 0 Å². The third-order valence-corrected chi connectivity index (χ3v) is 1.78. The van der Waals surface area contributed by atoms with Gasteiger partial charge in [-0.25, -0.2) is 4.79 Å². The average molecular weight is 191 g/mol. The number of carbonyl (C=O) groups is 1. The zero-order valence-corrected chi connectivity index (χ0v) is 7.87. The number of ether oxygens (including phenoxy) is 1. The molecule has 0 radical (unpaired) electrons. The number of hydrogen-bond acceptors (Lipinski definition) is 4. The van der Waals surface area contributed by atoms with Crippen molar-refractivity contribution in [3.8, 4) is 11.8 Å². The van der Waals surface area contributed by atoms with Crippen LogP contribution in [-0.4, -0.2) is 18.2 Å². The first-order valence-corrected chi connectivity index (χ1v) is 3.92. The van der Waals surface area contributed by atoms with Gasteiger partial charge in [0.05, 0.1) is 12.7 Å². The van der Waals surface area contributed by atoms with E-state index in [1.165, 1.54) is 19.2 Å². The van der Waals surface area contributed by atoms with Crippen molar-refractivity contribution < 1.29 is 14.6 Å². The first kappa shape index (κ1) is 10.1. The smallest absolute Gasteiger partial charge is 0.339 e. The maximum Gasteiger partial charge on any atom is 0.339 e. The SMILES string of the molecule is COC(=O)c1cc(C)cc(O)c1C#N. The highest BCUT2D eigenvalue weighted by Crippen LogP contribution is 2.22. The van der Waals surface area contributed by atoms with Crippen molar-refractivity contribution >= 4 is 5.97 Å². The second-order valence-corrected chi connectivity index (χ2v) is 2.81. The minimum Gasteiger partial charge on any atom is -0.507 e. The Hall–Kier alpha value is -2.02. The van der Waals surface area contributed by atoms with Crippen LogP contribution in [0.3, 0.4) is 0 Å². The summed E-state index contributed by atoms with van der Waals surface area (Å²) in [6, 6.07) is 4.68. The molecule has 0 aliphatic carbocycles. The van der Waals surface area contributed by atoms with E-state index in [1.807, 2.05) is 0 Å². The van der Waals surface area contributed by atoms with Gasteiger partial charge in [-0.1, -0.05) is 0 Å². The molecule has 0 saturated carbocycles. The number of nitriles is 1. The summed E-state index contributed by atoms with van der Waals surface area (Å²) >= 11 is 0. The summed E-state index contributed by atoms with van der Waals surface area (Å²) in [6.07, 6.45) is 0. The molecule has 0 amide bonds. The van der Waals surface area contributed by atoms with E-state index >= 15 is 0 Å².